The Morgan fingerprint density at radius 1 is 1.22 bits per heavy atom. The van der Waals surface area contributed by atoms with Gasteiger partial charge in [-0.05, 0) is 0 Å². The largest absolute Gasteiger partial charge is 0.225 e. The number of rotatable bonds is 1. The summed E-state index contributed by atoms with van der Waals surface area (Å²) in [6.45, 7) is 0. The molecule has 0 N–H and O–H groups in total. The fourth-order valence-corrected chi connectivity index (χ4v) is 0.834. The third-order valence-corrected chi connectivity index (χ3v) is 1.53. The van der Waals surface area contributed by atoms with E-state index in [0.29, 0.717) is 5.82 Å². The predicted octanol–water partition coefficient (Wildman–Crippen LogP) is 1.66. The van der Waals surface area contributed by atoms with Crippen molar-refractivity contribution in [2.75, 3.05) is 0 Å². The molecule has 0 aliphatic carbocycles. The molecule has 0 aliphatic rings. The van der Waals surface area contributed by atoms with E-state index in [2.05, 4.69) is 46.8 Å². The fraction of sp³-hybridized carbons (Fsp3) is 0.250. The molecule has 0 spiro atoms. The molecule has 1 aromatic rings. The van der Waals surface area contributed by atoms with Crippen molar-refractivity contribution in [3.63, 3.8) is 0 Å². The molecule has 0 bridgehead atoms. The zero-order valence-corrected chi connectivity index (χ0v) is 7.50. The molecule has 0 radical (unpaired) electrons. The number of aromatic nitrogens is 3. The monoisotopic (exact) mass is 251 g/mol. The normalized spacial score (nSPS) is 10.1. The van der Waals surface area contributed by atoms with Crippen LogP contribution in [0, 0.1) is 0 Å². The van der Waals surface area contributed by atoms with Gasteiger partial charge in [-0.1, -0.05) is 31.9 Å². The minimum absolute atomic E-state index is 0.0213. The molecule has 1 rings (SSSR count). The second-order valence-corrected chi connectivity index (χ2v) is 4.36. The smallest absolute Gasteiger partial charge is 0.156 e. The van der Waals surface area contributed by atoms with Crippen molar-refractivity contribution >= 4 is 31.9 Å². The molecular formula is C4H3Br2N3. The Kier molecular flexibility index (Phi) is 2.53. The lowest BCUT2D eigenvalue weighted by Gasteiger charge is -1.94. The quantitative estimate of drug-likeness (QED) is 0.714. The average molecular weight is 253 g/mol. The van der Waals surface area contributed by atoms with Crippen molar-refractivity contribution in [2.45, 2.75) is 3.74 Å². The molecule has 0 saturated carbocycles. The summed E-state index contributed by atoms with van der Waals surface area (Å²) in [4.78, 5) is 11.4. The average Bonchev–Trinajstić information content (AvgIpc) is 1.90. The Hall–Kier alpha value is -0.0300. The zero-order chi connectivity index (χ0) is 6.69. The highest BCUT2D eigenvalue weighted by Gasteiger charge is 2.02. The number of alkyl halides is 2. The van der Waals surface area contributed by atoms with E-state index in [0.717, 1.165) is 0 Å². The third-order valence-electron chi connectivity index (χ3n) is 0.709. The molecule has 0 unspecified atom stereocenters. The third kappa shape index (κ3) is 1.98. The van der Waals surface area contributed by atoms with E-state index >= 15 is 0 Å². The van der Waals surface area contributed by atoms with E-state index in [1.165, 1.54) is 12.7 Å². The minimum atomic E-state index is 0.0213. The van der Waals surface area contributed by atoms with Crippen molar-refractivity contribution in [3.8, 4) is 0 Å². The standard InChI is InChI=1S/C4H3Br2N3/c5-3(6)4-8-1-7-2-9-4/h1-3H. The molecule has 48 valence electrons. The van der Waals surface area contributed by atoms with E-state index in [-0.39, 0.29) is 3.74 Å². The van der Waals surface area contributed by atoms with Gasteiger partial charge in [0.2, 0.25) is 0 Å². The molecule has 0 aromatic carbocycles. The SMILES string of the molecule is BrC(Br)c1ncncn1. The van der Waals surface area contributed by atoms with Crippen molar-refractivity contribution in [1.82, 2.24) is 15.0 Å². The van der Waals surface area contributed by atoms with Crippen molar-refractivity contribution < 1.29 is 0 Å². The molecule has 0 aliphatic heterocycles. The van der Waals surface area contributed by atoms with Crippen LogP contribution in [-0.2, 0) is 0 Å². The molecule has 5 heteroatoms. The minimum Gasteiger partial charge on any atom is -0.225 e. The first-order valence-corrected chi connectivity index (χ1v) is 4.04. The van der Waals surface area contributed by atoms with Crippen molar-refractivity contribution in [3.05, 3.63) is 18.5 Å². The van der Waals surface area contributed by atoms with Crippen LogP contribution in [0.2, 0.25) is 0 Å². The Morgan fingerprint density at radius 3 is 2.11 bits per heavy atom. The van der Waals surface area contributed by atoms with Crippen LogP contribution < -0.4 is 0 Å². The summed E-state index contributed by atoms with van der Waals surface area (Å²) in [5, 5.41) is 0. The summed E-state index contributed by atoms with van der Waals surface area (Å²) < 4.78 is 0.0213. The van der Waals surface area contributed by atoms with Crippen LogP contribution in [0.15, 0.2) is 12.7 Å². The maximum atomic E-state index is 3.86. The first kappa shape index (κ1) is 7.08. The van der Waals surface area contributed by atoms with Crippen LogP contribution in [-0.4, -0.2) is 15.0 Å². The number of hydrogen-bond acceptors (Lipinski definition) is 3. The van der Waals surface area contributed by atoms with E-state index in [1.807, 2.05) is 0 Å². The fourth-order valence-electron chi connectivity index (χ4n) is 0.361. The molecule has 1 heterocycles. The van der Waals surface area contributed by atoms with Gasteiger partial charge >= 0.3 is 0 Å². The lowest BCUT2D eigenvalue weighted by atomic mass is 10.7. The van der Waals surface area contributed by atoms with E-state index in [9.17, 15) is 0 Å². The van der Waals surface area contributed by atoms with E-state index < -0.39 is 0 Å². The maximum Gasteiger partial charge on any atom is 0.156 e. The van der Waals surface area contributed by atoms with Crippen LogP contribution in [0.4, 0.5) is 0 Å². The highest BCUT2D eigenvalue weighted by molar-refractivity contribution is 9.24. The summed E-state index contributed by atoms with van der Waals surface area (Å²) >= 11 is 6.49. The first-order valence-electron chi connectivity index (χ1n) is 2.21. The molecule has 9 heavy (non-hydrogen) atoms. The van der Waals surface area contributed by atoms with Crippen molar-refractivity contribution in [1.29, 1.82) is 0 Å². The Morgan fingerprint density at radius 2 is 1.78 bits per heavy atom. The number of halogens is 2. The van der Waals surface area contributed by atoms with Gasteiger partial charge in [0.25, 0.3) is 0 Å². The molecule has 0 amide bonds. The highest BCUT2D eigenvalue weighted by atomic mass is 79.9. The second-order valence-electron chi connectivity index (χ2n) is 1.30. The van der Waals surface area contributed by atoms with Gasteiger partial charge in [-0.25, -0.2) is 15.0 Å². The van der Waals surface area contributed by atoms with Gasteiger partial charge in [-0.15, -0.1) is 0 Å². The summed E-state index contributed by atoms with van der Waals surface area (Å²) in [6.07, 6.45) is 2.91. The highest BCUT2D eigenvalue weighted by Crippen LogP contribution is 2.24. The topological polar surface area (TPSA) is 38.7 Å². The molecule has 0 saturated heterocycles. The van der Waals surface area contributed by atoms with Crippen LogP contribution in [0.1, 0.15) is 9.56 Å². The lowest BCUT2D eigenvalue weighted by molar-refractivity contribution is 0.963. The molecule has 0 atom stereocenters. The summed E-state index contributed by atoms with van der Waals surface area (Å²) in [7, 11) is 0. The van der Waals surface area contributed by atoms with Gasteiger partial charge < -0.3 is 0 Å². The molecule has 0 fully saturated rings. The molecule has 3 nitrogen and oxygen atoms in total. The Labute approximate surface area is 69.2 Å². The van der Waals surface area contributed by atoms with Gasteiger partial charge in [-0.2, -0.15) is 0 Å². The van der Waals surface area contributed by atoms with Gasteiger partial charge in [0.1, 0.15) is 16.4 Å². The lowest BCUT2D eigenvalue weighted by Crippen LogP contribution is -1.91. The van der Waals surface area contributed by atoms with Crippen LogP contribution in [0.25, 0.3) is 0 Å². The van der Waals surface area contributed by atoms with Gasteiger partial charge in [0.15, 0.2) is 5.82 Å². The maximum absolute atomic E-state index is 3.86. The number of hydrogen-bond donors (Lipinski definition) is 0. The van der Waals surface area contributed by atoms with E-state index in [4.69, 9.17) is 0 Å². The van der Waals surface area contributed by atoms with Gasteiger partial charge in [0, 0.05) is 0 Å². The summed E-state index contributed by atoms with van der Waals surface area (Å²) in [5.41, 5.74) is 0. The van der Waals surface area contributed by atoms with Crippen LogP contribution in [0.3, 0.4) is 0 Å². The Bertz CT molecular complexity index is 176. The zero-order valence-electron chi connectivity index (χ0n) is 4.33. The first-order chi connectivity index (χ1) is 4.30. The van der Waals surface area contributed by atoms with Crippen molar-refractivity contribution in [2.24, 2.45) is 0 Å². The molecular weight excluding hydrogens is 250 g/mol. The van der Waals surface area contributed by atoms with E-state index in [1.54, 1.807) is 0 Å². The van der Waals surface area contributed by atoms with Crippen LogP contribution in [0.5, 0.6) is 0 Å². The molecule has 1 aromatic heterocycles. The Balaban J connectivity index is 2.85. The van der Waals surface area contributed by atoms with Gasteiger partial charge in [0.05, 0.1) is 0 Å². The second kappa shape index (κ2) is 3.22. The number of nitrogens with zero attached hydrogens (tertiary/aromatic N) is 3. The van der Waals surface area contributed by atoms with Gasteiger partial charge in [-0.3, -0.25) is 0 Å². The summed E-state index contributed by atoms with van der Waals surface area (Å²) in [5.74, 6) is 0.685. The predicted molar refractivity (Wildman–Crippen MR) is 40.4 cm³/mol. The summed E-state index contributed by atoms with van der Waals surface area (Å²) in [6, 6.07) is 0. The van der Waals surface area contributed by atoms with Crippen LogP contribution >= 0.6 is 31.9 Å².